The Bertz CT molecular complexity index is 697. The molecule has 0 aromatic heterocycles. The minimum atomic E-state index is -0.243. The summed E-state index contributed by atoms with van der Waals surface area (Å²) in [6, 6.07) is 7.33. The van der Waals surface area contributed by atoms with E-state index in [-0.39, 0.29) is 24.1 Å². The molecule has 0 radical (unpaired) electrons. The van der Waals surface area contributed by atoms with Crippen molar-refractivity contribution in [3.05, 3.63) is 24.3 Å². The second-order valence-corrected chi connectivity index (χ2v) is 9.76. The van der Waals surface area contributed by atoms with Crippen LogP contribution >= 0.6 is 0 Å². The van der Waals surface area contributed by atoms with Gasteiger partial charge in [-0.25, -0.2) is 0 Å². The molecule has 3 aliphatic carbocycles. The van der Waals surface area contributed by atoms with Crippen molar-refractivity contribution in [1.29, 1.82) is 0 Å². The maximum atomic E-state index is 12.0. The van der Waals surface area contributed by atoms with Crippen LogP contribution in [0.2, 0.25) is 0 Å². The molecule has 3 aliphatic rings. The predicted octanol–water partition coefficient (Wildman–Crippen LogP) is 5.84. The third-order valence-corrected chi connectivity index (χ3v) is 7.53. The molecule has 3 fully saturated rings. The van der Waals surface area contributed by atoms with Gasteiger partial charge in [-0.15, -0.1) is 0 Å². The highest BCUT2D eigenvalue weighted by atomic mass is 16.7. The molecule has 29 heavy (non-hydrogen) atoms. The van der Waals surface area contributed by atoms with Gasteiger partial charge in [0.1, 0.15) is 11.5 Å². The van der Waals surface area contributed by atoms with Crippen LogP contribution in [-0.2, 0) is 9.53 Å². The number of fused-ring (bicyclic) bond motifs is 5. The Morgan fingerprint density at radius 2 is 1.69 bits per heavy atom. The van der Waals surface area contributed by atoms with Crippen molar-refractivity contribution in [1.82, 2.24) is 0 Å². The van der Waals surface area contributed by atoms with Crippen LogP contribution in [0.4, 0.5) is 0 Å². The van der Waals surface area contributed by atoms with Gasteiger partial charge in [0, 0.05) is 5.92 Å². The third-order valence-electron chi connectivity index (χ3n) is 7.53. The number of hydrogen-bond acceptors (Lipinski definition) is 4. The Labute approximate surface area is 175 Å². The first-order chi connectivity index (χ1) is 14.0. The Hall–Kier alpha value is -1.55. The molecular weight excluding hydrogens is 364 g/mol. The highest BCUT2D eigenvalue weighted by Gasteiger charge is 2.54. The minimum absolute atomic E-state index is 0.0918. The maximum Gasteiger partial charge on any atom is 0.314 e. The summed E-state index contributed by atoms with van der Waals surface area (Å²) >= 11 is 0. The van der Waals surface area contributed by atoms with Crippen LogP contribution in [0, 0.1) is 35.5 Å². The number of carbonyl (C=O) groups excluding carboxylic acids is 1. The van der Waals surface area contributed by atoms with Crippen LogP contribution in [0.15, 0.2) is 24.3 Å². The van der Waals surface area contributed by atoms with Crippen molar-refractivity contribution in [3.8, 4) is 11.5 Å². The van der Waals surface area contributed by atoms with Gasteiger partial charge in [0.05, 0.1) is 12.0 Å². The first-order valence-corrected chi connectivity index (χ1v) is 11.6. The van der Waals surface area contributed by atoms with Crippen molar-refractivity contribution < 1.29 is 19.0 Å². The molecule has 0 saturated heterocycles. The van der Waals surface area contributed by atoms with E-state index < -0.39 is 0 Å². The molecule has 1 aromatic carbocycles. The van der Waals surface area contributed by atoms with Crippen LogP contribution in [-0.4, -0.2) is 18.4 Å². The van der Waals surface area contributed by atoms with Gasteiger partial charge in [0.2, 0.25) is 6.29 Å². The normalized spacial score (nSPS) is 32.2. The van der Waals surface area contributed by atoms with E-state index in [1.54, 1.807) is 12.1 Å². The highest BCUT2D eigenvalue weighted by Crippen LogP contribution is 2.59. The van der Waals surface area contributed by atoms with Gasteiger partial charge in [-0.2, -0.15) is 0 Å². The molecule has 4 heteroatoms. The lowest BCUT2D eigenvalue weighted by Crippen LogP contribution is -2.37. The van der Waals surface area contributed by atoms with Crippen LogP contribution in [0.25, 0.3) is 0 Å². The zero-order chi connectivity index (χ0) is 20.5. The summed E-state index contributed by atoms with van der Waals surface area (Å²) in [5.74, 6) is 4.80. The average Bonchev–Trinajstić information content (AvgIpc) is 3.41. The summed E-state index contributed by atoms with van der Waals surface area (Å²) in [5.41, 5.74) is 0. The molecule has 2 bridgehead atoms. The van der Waals surface area contributed by atoms with E-state index in [0.717, 1.165) is 35.8 Å². The first kappa shape index (κ1) is 20.7. The van der Waals surface area contributed by atoms with Gasteiger partial charge in [-0.05, 0) is 80.0 Å². The molecule has 3 saturated carbocycles. The Morgan fingerprint density at radius 1 is 1.00 bits per heavy atom. The first-order valence-electron chi connectivity index (χ1n) is 11.6. The second-order valence-electron chi connectivity index (χ2n) is 9.76. The molecule has 1 aromatic rings. The van der Waals surface area contributed by atoms with Crippen LogP contribution in [0.3, 0.4) is 0 Å². The number of esters is 1. The fourth-order valence-corrected chi connectivity index (χ4v) is 5.76. The Morgan fingerprint density at radius 3 is 2.38 bits per heavy atom. The average molecular weight is 401 g/mol. The number of hydrogen-bond donors (Lipinski definition) is 0. The zero-order valence-electron chi connectivity index (χ0n) is 18.3. The fourth-order valence-electron chi connectivity index (χ4n) is 5.76. The lowest BCUT2D eigenvalue weighted by Gasteiger charge is -2.35. The summed E-state index contributed by atoms with van der Waals surface area (Å²) in [6.45, 7) is 8.17. The van der Waals surface area contributed by atoms with Crippen LogP contribution < -0.4 is 9.47 Å². The van der Waals surface area contributed by atoms with E-state index in [1.165, 1.54) is 32.1 Å². The van der Waals surface area contributed by atoms with Gasteiger partial charge < -0.3 is 14.2 Å². The van der Waals surface area contributed by atoms with Gasteiger partial charge in [-0.1, -0.05) is 34.1 Å². The third kappa shape index (κ3) is 4.33. The van der Waals surface area contributed by atoms with Gasteiger partial charge in [0.25, 0.3) is 0 Å². The monoisotopic (exact) mass is 400 g/mol. The van der Waals surface area contributed by atoms with E-state index in [0.29, 0.717) is 11.9 Å². The van der Waals surface area contributed by atoms with E-state index in [2.05, 4.69) is 13.8 Å². The molecule has 4 rings (SSSR count). The number of benzene rings is 1. The van der Waals surface area contributed by atoms with E-state index >= 15 is 0 Å². The van der Waals surface area contributed by atoms with E-state index in [9.17, 15) is 4.79 Å². The van der Waals surface area contributed by atoms with Crippen LogP contribution in [0.5, 0.6) is 11.5 Å². The zero-order valence-corrected chi connectivity index (χ0v) is 18.3. The molecule has 0 N–H and O–H groups in total. The lowest BCUT2D eigenvalue weighted by molar-refractivity contribution is -0.162. The number of rotatable bonds is 8. The minimum Gasteiger partial charge on any atom is -0.465 e. The van der Waals surface area contributed by atoms with E-state index in [4.69, 9.17) is 14.2 Å². The molecule has 0 amide bonds. The fraction of sp³-hybridized carbons (Fsp3) is 0.720. The topological polar surface area (TPSA) is 44.8 Å². The summed E-state index contributed by atoms with van der Waals surface area (Å²) in [4.78, 5) is 12.0. The van der Waals surface area contributed by atoms with Crippen molar-refractivity contribution in [2.45, 2.75) is 78.6 Å². The molecule has 7 unspecified atom stereocenters. The Balaban J connectivity index is 1.35. The van der Waals surface area contributed by atoms with Crippen molar-refractivity contribution in [2.24, 2.45) is 35.5 Å². The Kier molecular flexibility index (Phi) is 6.19. The van der Waals surface area contributed by atoms with Crippen molar-refractivity contribution >= 4 is 5.97 Å². The predicted molar refractivity (Wildman–Crippen MR) is 113 cm³/mol. The quantitative estimate of drug-likeness (QED) is 0.312. The van der Waals surface area contributed by atoms with Gasteiger partial charge in [0.15, 0.2) is 0 Å². The van der Waals surface area contributed by atoms with E-state index in [1.807, 2.05) is 26.0 Å². The van der Waals surface area contributed by atoms with Crippen LogP contribution in [0.1, 0.15) is 66.2 Å². The summed E-state index contributed by atoms with van der Waals surface area (Å²) < 4.78 is 18.2. The molecule has 160 valence electrons. The molecule has 0 spiro atoms. The van der Waals surface area contributed by atoms with Crippen molar-refractivity contribution in [3.63, 3.8) is 0 Å². The maximum absolute atomic E-state index is 12.0. The summed E-state index contributed by atoms with van der Waals surface area (Å²) in [7, 11) is 0. The summed E-state index contributed by atoms with van der Waals surface area (Å²) in [6.07, 6.45) is 7.71. The largest absolute Gasteiger partial charge is 0.465 e. The molecule has 7 atom stereocenters. The molecular formula is C25H36O4. The molecule has 0 aliphatic heterocycles. The SMILES string of the molecule is CCC(C)C(=O)Oc1ccc(OC(OC2CC3CC2C2CCCC32)C(C)C)cc1. The standard InChI is InChI=1S/C25H36O4/c1-5-16(4)24(26)27-18-9-11-19(12-10-18)28-25(15(2)3)29-23-14-17-13-22(23)21-8-6-7-20(17)21/h9-12,15-17,20-23,25H,5-8,13-14H2,1-4H3. The second kappa shape index (κ2) is 8.67. The molecule has 4 nitrogen and oxygen atoms in total. The smallest absolute Gasteiger partial charge is 0.314 e. The van der Waals surface area contributed by atoms with Gasteiger partial charge >= 0.3 is 5.97 Å². The number of carbonyl (C=O) groups is 1. The number of ether oxygens (including phenoxy) is 3. The van der Waals surface area contributed by atoms with Crippen molar-refractivity contribution in [2.75, 3.05) is 0 Å². The highest BCUT2D eigenvalue weighted by molar-refractivity contribution is 5.74. The lowest BCUT2D eigenvalue weighted by atomic mass is 9.80. The summed E-state index contributed by atoms with van der Waals surface area (Å²) in [5, 5.41) is 0. The van der Waals surface area contributed by atoms with Gasteiger partial charge in [-0.3, -0.25) is 4.79 Å². The molecule has 0 heterocycles.